The molecule has 3 N–H and O–H groups in total. The van der Waals surface area contributed by atoms with Gasteiger partial charge in [0.1, 0.15) is 0 Å². The van der Waals surface area contributed by atoms with Crippen molar-refractivity contribution in [1.82, 2.24) is 5.32 Å². The van der Waals surface area contributed by atoms with Crippen LogP contribution in [0.5, 0.6) is 0 Å². The van der Waals surface area contributed by atoms with Crippen molar-refractivity contribution >= 4 is 11.9 Å². The minimum atomic E-state index is -0.661. The number of aliphatic hydroxyl groups excluding tert-OH is 2. The van der Waals surface area contributed by atoms with Crippen molar-refractivity contribution in [2.75, 3.05) is 13.2 Å². The Morgan fingerprint density at radius 2 is 0.691 bits per heavy atom. The second-order valence-corrected chi connectivity index (χ2v) is 21.4. The predicted octanol–water partition coefficient (Wildman–Crippen LogP) is 19.2. The fourth-order valence-corrected chi connectivity index (χ4v) is 9.81. The summed E-state index contributed by atoms with van der Waals surface area (Å²) in [6.45, 7) is 4.96. The minimum absolute atomic E-state index is 0.00896. The van der Waals surface area contributed by atoms with Gasteiger partial charge in [-0.25, -0.2) is 0 Å². The summed E-state index contributed by atoms with van der Waals surface area (Å²) in [4.78, 5) is 24.5. The number of carbonyl (C=O) groups is 2. The van der Waals surface area contributed by atoms with Crippen molar-refractivity contribution in [2.45, 2.75) is 360 Å². The summed E-state index contributed by atoms with van der Waals surface area (Å²) < 4.78 is 5.48. The minimum Gasteiger partial charge on any atom is -0.466 e. The molecule has 0 aromatic carbocycles. The van der Waals surface area contributed by atoms with Crippen molar-refractivity contribution in [2.24, 2.45) is 0 Å². The summed E-state index contributed by atoms with van der Waals surface area (Å²) in [5.41, 5.74) is 0. The Labute approximate surface area is 425 Å². The molecule has 1 amide bonds. The molecule has 0 saturated carbocycles. The highest BCUT2D eigenvalue weighted by atomic mass is 16.5. The molecule has 6 heteroatoms. The zero-order valence-corrected chi connectivity index (χ0v) is 46.1. The van der Waals surface area contributed by atoms with Crippen LogP contribution in [-0.2, 0) is 14.3 Å². The van der Waals surface area contributed by atoms with E-state index in [0.29, 0.717) is 25.9 Å². The highest BCUT2D eigenvalue weighted by Crippen LogP contribution is 2.18. The average Bonchev–Trinajstić information content (AvgIpc) is 3.34. The van der Waals surface area contributed by atoms with E-state index in [4.69, 9.17) is 4.74 Å². The number of esters is 1. The molecule has 2 unspecified atom stereocenters. The van der Waals surface area contributed by atoms with Crippen LogP contribution in [0.2, 0.25) is 0 Å². The van der Waals surface area contributed by atoms with Gasteiger partial charge in [0.05, 0.1) is 25.4 Å². The lowest BCUT2D eigenvalue weighted by molar-refractivity contribution is -0.143. The first-order valence-electron chi connectivity index (χ1n) is 30.9. The maximum Gasteiger partial charge on any atom is 0.305 e. The Bertz CT molecular complexity index is 1020. The fraction of sp³-hybridized carbons (Fsp3) is 0.935. The molecule has 0 spiro atoms. The SMILES string of the molecule is CCCCCCCC/C=C\CCCCCCCC(=O)OCCCCCCCCCCCCCCCCCCCCCCCCCCCC(=O)NC(CO)C(O)CCCCCCCCCCCCC. The van der Waals surface area contributed by atoms with Crippen molar-refractivity contribution in [3.8, 4) is 0 Å². The highest BCUT2D eigenvalue weighted by Gasteiger charge is 2.20. The molecule has 0 fully saturated rings. The predicted molar refractivity (Wildman–Crippen MR) is 297 cm³/mol. The van der Waals surface area contributed by atoms with Gasteiger partial charge in [-0.2, -0.15) is 0 Å². The molecule has 0 bridgehead atoms. The van der Waals surface area contributed by atoms with Crippen LogP contribution in [0.1, 0.15) is 348 Å². The van der Waals surface area contributed by atoms with Crippen LogP contribution in [0.4, 0.5) is 0 Å². The molecule has 2 atom stereocenters. The van der Waals surface area contributed by atoms with E-state index in [1.807, 2.05) is 0 Å². The molecule has 0 aliphatic rings. The lowest BCUT2D eigenvalue weighted by atomic mass is 10.0. The van der Waals surface area contributed by atoms with E-state index in [9.17, 15) is 19.8 Å². The Morgan fingerprint density at radius 1 is 0.397 bits per heavy atom. The molecule has 0 aliphatic heterocycles. The van der Waals surface area contributed by atoms with Crippen LogP contribution < -0.4 is 5.32 Å². The maximum atomic E-state index is 12.4. The molecular formula is C62H121NO5. The molecule has 404 valence electrons. The summed E-state index contributed by atoms with van der Waals surface area (Å²) in [5.74, 6) is -0.0238. The maximum absolute atomic E-state index is 12.4. The molecule has 0 rings (SSSR count). The molecule has 68 heavy (non-hydrogen) atoms. The molecular weight excluding hydrogens is 839 g/mol. The van der Waals surface area contributed by atoms with Crippen molar-refractivity contribution in [3.63, 3.8) is 0 Å². The second-order valence-electron chi connectivity index (χ2n) is 21.4. The van der Waals surface area contributed by atoms with Gasteiger partial charge in [0, 0.05) is 12.8 Å². The Hall–Kier alpha value is -1.40. The van der Waals surface area contributed by atoms with Crippen molar-refractivity contribution < 1.29 is 24.5 Å². The monoisotopic (exact) mass is 960 g/mol. The fourth-order valence-electron chi connectivity index (χ4n) is 9.81. The van der Waals surface area contributed by atoms with Gasteiger partial charge in [-0.05, 0) is 51.4 Å². The number of unbranched alkanes of at least 4 members (excludes halogenated alkanes) is 45. The lowest BCUT2D eigenvalue weighted by Crippen LogP contribution is -2.45. The molecule has 6 nitrogen and oxygen atoms in total. The van der Waals surface area contributed by atoms with E-state index in [1.165, 1.54) is 270 Å². The number of rotatable bonds is 58. The first-order valence-corrected chi connectivity index (χ1v) is 30.9. The van der Waals surface area contributed by atoms with Crippen LogP contribution in [-0.4, -0.2) is 47.4 Å². The van der Waals surface area contributed by atoms with E-state index in [2.05, 4.69) is 31.3 Å². The van der Waals surface area contributed by atoms with Crippen LogP contribution in [0.25, 0.3) is 0 Å². The van der Waals surface area contributed by atoms with Crippen LogP contribution in [0.15, 0.2) is 12.2 Å². The molecule has 0 aliphatic carbocycles. The lowest BCUT2D eigenvalue weighted by Gasteiger charge is -2.22. The number of hydrogen-bond acceptors (Lipinski definition) is 5. The Kier molecular flexibility index (Phi) is 57.0. The average molecular weight is 961 g/mol. The Balaban J connectivity index is 3.33. The number of carbonyl (C=O) groups excluding carboxylic acids is 2. The normalized spacial score (nSPS) is 12.6. The van der Waals surface area contributed by atoms with E-state index in [0.717, 1.165) is 44.9 Å². The van der Waals surface area contributed by atoms with Crippen molar-refractivity contribution in [3.05, 3.63) is 12.2 Å². The van der Waals surface area contributed by atoms with E-state index < -0.39 is 12.1 Å². The summed E-state index contributed by atoms with van der Waals surface area (Å²) in [7, 11) is 0. The number of nitrogens with one attached hydrogen (secondary N) is 1. The van der Waals surface area contributed by atoms with Gasteiger partial charge in [-0.15, -0.1) is 0 Å². The first kappa shape index (κ1) is 66.6. The smallest absolute Gasteiger partial charge is 0.305 e. The summed E-state index contributed by atoms with van der Waals surface area (Å²) in [6, 6.07) is -0.538. The zero-order valence-electron chi connectivity index (χ0n) is 46.1. The van der Waals surface area contributed by atoms with E-state index in [-0.39, 0.29) is 18.5 Å². The van der Waals surface area contributed by atoms with Gasteiger partial charge in [0.25, 0.3) is 0 Å². The molecule has 0 aromatic heterocycles. The zero-order chi connectivity index (χ0) is 49.3. The molecule has 0 saturated heterocycles. The number of amides is 1. The number of ether oxygens (including phenoxy) is 1. The summed E-state index contributed by atoms with van der Waals surface area (Å²) >= 11 is 0. The van der Waals surface area contributed by atoms with Gasteiger partial charge < -0.3 is 20.3 Å². The quantitative estimate of drug-likeness (QED) is 0.0321. The van der Waals surface area contributed by atoms with Crippen LogP contribution >= 0.6 is 0 Å². The standard InChI is InChI=1S/C62H121NO5/c1-3-5-7-9-11-13-15-16-28-32-36-40-44-48-52-56-62(67)68-57-53-49-45-41-37-33-30-27-25-23-21-19-17-18-20-22-24-26-29-31-35-39-43-47-51-55-61(66)63-59(58-64)60(65)54-50-46-42-38-34-14-12-10-8-6-4-2/h16,28,59-60,64-65H,3-15,17-27,29-58H2,1-2H3,(H,63,66)/b28-16-. The summed E-state index contributed by atoms with van der Waals surface area (Å²) in [5, 5.41) is 23.2. The largest absolute Gasteiger partial charge is 0.466 e. The third-order valence-electron chi connectivity index (χ3n) is 14.6. The molecule has 0 aromatic rings. The van der Waals surface area contributed by atoms with Crippen molar-refractivity contribution in [1.29, 1.82) is 0 Å². The van der Waals surface area contributed by atoms with Gasteiger partial charge in [0.15, 0.2) is 0 Å². The third-order valence-corrected chi connectivity index (χ3v) is 14.6. The topological polar surface area (TPSA) is 95.9 Å². The highest BCUT2D eigenvalue weighted by molar-refractivity contribution is 5.76. The number of allylic oxidation sites excluding steroid dienone is 2. The van der Waals surface area contributed by atoms with E-state index >= 15 is 0 Å². The number of hydrogen-bond donors (Lipinski definition) is 3. The van der Waals surface area contributed by atoms with E-state index in [1.54, 1.807) is 0 Å². The molecule has 0 radical (unpaired) electrons. The summed E-state index contributed by atoms with van der Waals surface area (Å²) in [6.07, 6.45) is 69.4. The van der Waals surface area contributed by atoms with Gasteiger partial charge in [0.2, 0.25) is 5.91 Å². The Morgan fingerprint density at radius 3 is 1.04 bits per heavy atom. The van der Waals surface area contributed by atoms with Gasteiger partial charge >= 0.3 is 5.97 Å². The molecule has 0 heterocycles. The van der Waals surface area contributed by atoms with Crippen LogP contribution in [0.3, 0.4) is 0 Å². The third kappa shape index (κ3) is 53.9. The van der Waals surface area contributed by atoms with Gasteiger partial charge in [-0.1, -0.05) is 296 Å². The van der Waals surface area contributed by atoms with Gasteiger partial charge in [-0.3, -0.25) is 9.59 Å². The second kappa shape index (κ2) is 58.2. The number of aliphatic hydroxyl groups is 2. The first-order chi connectivity index (χ1) is 33.5. The van der Waals surface area contributed by atoms with Crippen LogP contribution in [0, 0.1) is 0 Å².